The maximum absolute atomic E-state index is 14.0. The van der Waals surface area contributed by atoms with Gasteiger partial charge in [0.2, 0.25) is 18.6 Å². The van der Waals surface area contributed by atoms with Crippen LogP contribution in [-0.2, 0) is 9.59 Å². The van der Waals surface area contributed by atoms with E-state index in [0.717, 1.165) is 11.1 Å². The third-order valence-electron chi connectivity index (χ3n) is 7.55. The summed E-state index contributed by atoms with van der Waals surface area (Å²) in [7, 11) is 1.55. The Morgan fingerprint density at radius 2 is 1.70 bits per heavy atom. The van der Waals surface area contributed by atoms with Gasteiger partial charge in [-0.1, -0.05) is 24.3 Å². The normalized spacial score (nSPS) is 24.7. The second kappa shape index (κ2) is 7.92. The number of anilines is 1. The minimum atomic E-state index is -0.941. The number of methoxy groups -OCH3 is 1. The molecule has 0 saturated carbocycles. The van der Waals surface area contributed by atoms with Crippen LogP contribution in [0.5, 0.6) is 17.2 Å². The molecule has 0 aromatic heterocycles. The van der Waals surface area contributed by atoms with Crippen LogP contribution in [0.25, 0.3) is 0 Å². The van der Waals surface area contributed by atoms with Gasteiger partial charge in [0, 0.05) is 11.6 Å². The van der Waals surface area contributed by atoms with Crippen molar-refractivity contribution in [2.75, 3.05) is 18.8 Å². The molecule has 0 unspecified atom stereocenters. The van der Waals surface area contributed by atoms with Crippen LogP contribution >= 0.6 is 0 Å². The molecule has 0 radical (unpaired) electrons. The van der Waals surface area contributed by atoms with Crippen molar-refractivity contribution in [2.24, 2.45) is 16.9 Å². The summed E-state index contributed by atoms with van der Waals surface area (Å²) in [4.78, 5) is 43.1. The maximum atomic E-state index is 14.0. The molecule has 0 spiro atoms. The van der Waals surface area contributed by atoms with Crippen molar-refractivity contribution >= 4 is 29.5 Å². The number of imide groups is 1. The SMILES string of the molecule is COc1ccc(C(=O)[C@@H]2[C@@H]3C(=O)N(c4ccc5c(c4)OCO5)C(=O)[C@H]3[C@@H]3c4ccccc4C=NN23)cc1. The van der Waals surface area contributed by atoms with Crippen molar-refractivity contribution in [1.82, 2.24) is 5.01 Å². The van der Waals surface area contributed by atoms with Gasteiger partial charge < -0.3 is 14.2 Å². The second-order valence-corrected chi connectivity index (χ2v) is 9.34. The predicted octanol–water partition coefficient (Wildman–Crippen LogP) is 3.19. The Labute approximate surface area is 211 Å². The number of ketones is 1. The van der Waals surface area contributed by atoms with E-state index >= 15 is 0 Å². The van der Waals surface area contributed by atoms with Gasteiger partial charge >= 0.3 is 0 Å². The van der Waals surface area contributed by atoms with Crippen LogP contribution in [-0.4, -0.2) is 48.8 Å². The fraction of sp³-hybridized carbons (Fsp3) is 0.214. The first-order valence-corrected chi connectivity index (χ1v) is 11.9. The Morgan fingerprint density at radius 1 is 0.946 bits per heavy atom. The van der Waals surface area contributed by atoms with Gasteiger partial charge in [0.1, 0.15) is 11.8 Å². The lowest BCUT2D eigenvalue weighted by atomic mass is 9.83. The summed E-state index contributed by atoms with van der Waals surface area (Å²) in [6.45, 7) is 0.0796. The number of hydrazone groups is 1. The summed E-state index contributed by atoms with van der Waals surface area (Å²) >= 11 is 0. The number of Topliss-reactive ketones (excluding diaryl/α,β-unsaturated/α-hetero) is 1. The Hall–Kier alpha value is -4.66. The highest BCUT2D eigenvalue weighted by Gasteiger charge is 2.65. The third-order valence-corrected chi connectivity index (χ3v) is 7.55. The number of benzene rings is 3. The highest BCUT2D eigenvalue weighted by atomic mass is 16.7. The number of carbonyl (C=O) groups is 3. The van der Waals surface area contributed by atoms with Gasteiger partial charge in [-0.2, -0.15) is 5.10 Å². The highest BCUT2D eigenvalue weighted by Crippen LogP contribution is 2.53. The second-order valence-electron chi connectivity index (χ2n) is 9.34. The molecule has 2 fully saturated rings. The van der Waals surface area contributed by atoms with Gasteiger partial charge in [0.25, 0.3) is 0 Å². The number of nitrogens with zero attached hydrogens (tertiary/aromatic N) is 3. The van der Waals surface area contributed by atoms with E-state index in [1.54, 1.807) is 60.8 Å². The van der Waals surface area contributed by atoms with Crippen LogP contribution in [0.2, 0.25) is 0 Å². The third kappa shape index (κ3) is 3.03. The van der Waals surface area contributed by atoms with Gasteiger partial charge in [-0.05, 0) is 47.5 Å². The van der Waals surface area contributed by atoms with Crippen LogP contribution in [0.4, 0.5) is 5.69 Å². The molecule has 9 nitrogen and oxygen atoms in total. The van der Waals surface area contributed by atoms with Crippen molar-refractivity contribution < 1.29 is 28.6 Å². The molecule has 2 saturated heterocycles. The minimum Gasteiger partial charge on any atom is -0.497 e. The summed E-state index contributed by atoms with van der Waals surface area (Å²) in [6.07, 6.45) is 1.69. The van der Waals surface area contributed by atoms with Gasteiger partial charge in [-0.25, -0.2) is 4.90 Å². The van der Waals surface area contributed by atoms with Crippen molar-refractivity contribution in [3.05, 3.63) is 83.4 Å². The van der Waals surface area contributed by atoms with E-state index in [1.807, 2.05) is 24.3 Å². The van der Waals surface area contributed by atoms with Crippen LogP contribution < -0.4 is 19.1 Å². The van der Waals surface area contributed by atoms with E-state index in [2.05, 4.69) is 5.10 Å². The first kappa shape index (κ1) is 21.6. The lowest BCUT2D eigenvalue weighted by molar-refractivity contribution is -0.124. The van der Waals surface area contributed by atoms with Gasteiger partial charge in [0.05, 0.1) is 36.9 Å². The molecular formula is C28H21N3O6. The first-order chi connectivity index (χ1) is 18.1. The lowest BCUT2D eigenvalue weighted by Gasteiger charge is -2.33. The number of carbonyl (C=O) groups excluding carboxylic acids is 3. The highest BCUT2D eigenvalue weighted by molar-refractivity contribution is 6.24. The molecule has 184 valence electrons. The molecule has 0 aliphatic carbocycles. The zero-order valence-electron chi connectivity index (χ0n) is 19.7. The largest absolute Gasteiger partial charge is 0.497 e. The number of fused-ring (bicyclic) bond motifs is 6. The van der Waals surface area contributed by atoms with Crippen molar-refractivity contribution in [3.63, 3.8) is 0 Å². The van der Waals surface area contributed by atoms with E-state index in [9.17, 15) is 14.4 Å². The van der Waals surface area contributed by atoms with Gasteiger partial charge in [0.15, 0.2) is 17.3 Å². The van der Waals surface area contributed by atoms with Crippen LogP contribution in [0.1, 0.15) is 27.5 Å². The topological polar surface area (TPSA) is 97.7 Å². The zero-order valence-corrected chi connectivity index (χ0v) is 19.7. The summed E-state index contributed by atoms with van der Waals surface area (Å²) in [6, 6.07) is 17.9. The fourth-order valence-electron chi connectivity index (χ4n) is 5.87. The molecule has 9 heteroatoms. The van der Waals surface area contributed by atoms with Crippen molar-refractivity contribution in [1.29, 1.82) is 0 Å². The van der Waals surface area contributed by atoms with Gasteiger partial charge in [-0.3, -0.25) is 19.4 Å². The van der Waals surface area contributed by atoms with E-state index in [4.69, 9.17) is 14.2 Å². The van der Waals surface area contributed by atoms with Crippen LogP contribution in [0.3, 0.4) is 0 Å². The standard InChI is InChI=1S/C28H21N3O6/c1-35-18-9-6-15(7-10-18)26(32)25-23-22(24-19-5-3-2-4-16(19)13-29-31(24)25)27(33)30(28(23)34)17-8-11-20-21(12-17)37-14-36-20/h2-13,22-25H,14H2,1H3/t22-,23-,24+,25+/m1/s1. The average Bonchev–Trinajstić information content (AvgIpc) is 3.61. The van der Waals surface area contributed by atoms with E-state index in [-0.39, 0.29) is 18.5 Å². The Bertz CT molecular complexity index is 1500. The van der Waals surface area contributed by atoms with Crippen molar-refractivity contribution in [3.8, 4) is 17.2 Å². The van der Waals surface area contributed by atoms with E-state index in [1.165, 1.54) is 4.90 Å². The summed E-state index contributed by atoms with van der Waals surface area (Å²) in [5.41, 5.74) is 2.54. The zero-order chi connectivity index (χ0) is 25.3. The fourth-order valence-corrected chi connectivity index (χ4v) is 5.87. The molecule has 4 atom stereocenters. The minimum absolute atomic E-state index is 0.0796. The predicted molar refractivity (Wildman–Crippen MR) is 132 cm³/mol. The maximum Gasteiger partial charge on any atom is 0.240 e. The Kier molecular flexibility index (Phi) is 4.63. The van der Waals surface area contributed by atoms with E-state index < -0.39 is 29.8 Å². The number of amides is 2. The number of ether oxygens (including phenoxy) is 3. The molecule has 2 amide bonds. The monoisotopic (exact) mass is 495 g/mol. The Balaban J connectivity index is 1.34. The molecule has 7 rings (SSSR count). The first-order valence-electron chi connectivity index (χ1n) is 11.9. The quantitative estimate of drug-likeness (QED) is 0.405. The molecular weight excluding hydrogens is 474 g/mol. The summed E-state index contributed by atoms with van der Waals surface area (Å²) in [5, 5.41) is 6.24. The molecule has 0 bridgehead atoms. The van der Waals surface area contributed by atoms with Crippen molar-refractivity contribution in [2.45, 2.75) is 12.1 Å². The van der Waals surface area contributed by atoms with E-state index in [0.29, 0.717) is 28.5 Å². The van der Waals surface area contributed by atoms with Gasteiger partial charge in [-0.15, -0.1) is 0 Å². The number of hydrogen-bond donors (Lipinski definition) is 0. The number of hydrogen-bond acceptors (Lipinski definition) is 8. The smallest absolute Gasteiger partial charge is 0.240 e. The summed E-state index contributed by atoms with van der Waals surface area (Å²) in [5.74, 6) is -1.10. The molecule has 37 heavy (non-hydrogen) atoms. The lowest BCUT2D eigenvalue weighted by Crippen LogP contribution is -2.44. The number of rotatable bonds is 4. The Morgan fingerprint density at radius 3 is 2.51 bits per heavy atom. The molecule has 0 N–H and O–H groups in total. The molecule has 4 heterocycles. The molecule has 4 aliphatic heterocycles. The molecule has 3 aromatic rings. The summed E-state index contributed by atoms with van der Waals surface area (Å²) < 4.78 is 16.1. The molecule has 3 aromatic carbocycles. The molecule has 4 aliphatic rings. The van der Waals surface area contributed by atoms with Crippen LogP contribution in [0, 0.1) is 11.8 Å². The average molecular weight is 495 g/mol. The van der Waals surface area contributed by atoms with Crippen LogP contribution in [0.15, 0.2) is 71.8 Å².